The van der Waals surface area contributed by atoms with Crippen molar-refractivity contribution in [1.29, 1.82) is 0 Å². The van der Waals surface area contributed by atoms with Gasteiger partial charge in [-0.15, -0.1) is 0 Å². The first-order chi connectivity index (χ1) is 9.40. The van der Waals surface area contributed by atoms with Crippen LogP contribution in [0.4, 0.5) is 5.69 Å². The summed E-state index contributed by atoms with van der Waals surface area (Å²) in [7, 11) is -1.69. The maximum absolute atomic E-state index is 11.7. The summed E-state index contributed by atoms with van der Waals surface area (Å²) in [6, 6.07) is 5.37. The van der Waals surface area contributed by atoms with Crippen LogP contribution in [-0.4, -0.2) is 39.8 Å². The molecule has 0 aliphatic carbocycles. The molecular weight excluding hydrogens is 280 g/mol. The molecule has 0 radical (unpaired) electrons. The van der Waals surface area contributed by atoms with Crippen molar-refractivity contribution in [3.05, 3.63) is 24.3 Å². The molecule has 1 unspecified atom stereocenters. The van der Waals surface area contributed by atoms with Gasteiger partial charge in [0.05, 0.1) is 16.7 Å². The van der Waals surface area contributed by atoms with E-state index in [4.69, 9.17) is 10.5 Å². The predicted molar refractivity (Wildman–Crippen MR) is 77.3 cm³/mol. The second-order valence-electron chi connectivity index (χ2n) is 4.31. The first-order valence-electron chi connectivity index (χ1n) is 6.29. The van der Waals surface area contributed by atoms with Gasteiger partial charge < -0.3 is 15.8 Å². The number of sulfone groups is 1. The molecule has 7 heteroatoms. The highest BCUT2D eigenvalue weighted by Crippen LogP contribution is 2.15. The van der Waals surface area contributed by atoms with Gasteiger partial charge in [-0.2, -0.15) is 0 Å². The van der Waals surface area contributed by atoms with Crippen LogP contribution >= 0.6 is 0 Å². The molecule has 0 bridgehead atoms. The number of methoxy groups -OCH3 is 1. The molecule has 20 heavy (non-hydrogen) atoms. The molecule has 0 spiro atoms. The molecule has 1 atom stereocenters. The van der Waals surface area contributed by atoms with Crippen molar-refractivity contribution in [2.45, 2.75) is 24.3 Å². The van der Waals surface area contributed by atoms with E-state index in [9.17, 15) is 13.2 Å². The molecule has 0 aromatic heterocycles. The lowest BCUT2D eigenvalue weighted by atomic mass is 10.2. The van der Waals surface area contributed by atoms with E-state index in [0.717, 1.165) is 0 Å². The Bertz CT molecular complexity index is 540. The Hall–Kier alpha value is -1.44. The summed E-state index contributed by atoms with van der Waals surface area (Å²) in [5.74, 6) is -0.284. The van der Waals surface area contributed by atoms with E-state index >= 15 is 0 Å². The first-order valence-corrected chi connectivity index (χ1v) is 7.94. The van der Waals surface area contributed by atoms with Crippen molar-refractivity contribution in [3.63, 3.8) is 0 Å². The average Bonchev–Trinajstić information content (AvgIpc) is 2.45. The van der Waals surface area contributed by atoms with Gasteiger partial charge in [-0.25, -0.2) is 8.42 Å². The number of ether oxygens (including phenoxy) is 1. The Morgan fingerprint density at radius 2 is 1.95 bits per heavy atom. The lowest BCUT2D eigenvalue weighted by molar-refractivity contribution is -0.117. The molecule has 0 heterocycles. The minimum absolute atomic E-state index is 0.0423. The van der Waals surface area contributed by atoms with E-state index in [1.165, 1.54) is 19.2 Å². The second kappa shape index (κ2) is 7.37. The van der Waals surface area contributed by atoms with Gasteiger partial charge in [-0.1, -0.05) is 6.92 Å². The third-order valence-corrected chi connectivity index (χ3v) is 4.58. The molecule has 0 aliphatic heterocycles. The fourth-order valence-electron chi connectivity index (χ4n) is 1.52. The van der Waals surface area contributed by atoms with Gasteiger partial charge in [0.2, 0.25) is 5.91 Å². The molecule has 3 N–H and O–H groups in total. The van der Waals surface area contributed by atoms with Crippen LogP contribution in [0.2, 0.25) is 0 Å². The molecule has 1 aromatic rings. The van der Waals surface area contributed by atoms with Crippen LogP contribution in [0.3, 0.4) is 0 Å². The van der Waals surface area contributed by atoms with Crippen LogP contribution in [0.25, 0.3) is 0 Å². The Morgan fingerprint density at radius 3 is 2.45 bits per heavy atom. The summed E-state index contributed by atoms with van der Waals surface area (Å²) in [6.45, 7) is 1.99. The summed E-state index contributed by atoms with van der Waals surface area (Å²) in [5.41, 5.74) is 6.20. The van der Waals surface area contributed by atoms with Gasteiger partial charge in [0.15, 0.2) is 9.84 Å². The number of rotatable bonds is 7. The highest BCUT2D eigenvalue weighted by molar-refractivity contribution is 7.91. The molecule has 112 valence electrons. The maximum atomic E-state index is 11.7. The maximum Gasteiger partial charge on any atom is 0.241 e. The Kier molecular flexibility index (Phi) is 6.12. The predicted octanol–water partition coefficient (Wildman–Crippen LogP) is 0.782. The van der Waals surface area contributed by atoms with Crippen molar-refractivity contribution in [2.24, 2.45) is 5.73 Å². The minimum Gasteiger partial charge on any atom is -0.385 e. The highest BCUT2D eigenvalue weighted by Gasteiger charge is 2.14. The van der Waals surface area contributed by atoms with Gasteiger partial charge >= 0.3 is 0 Å². The van der Waals surface area contributed by atoms with Crippen molar-refractivity contribution in [2.75, 3.05) is 24.8 Å². The van der Waals surface area contributed by atoms with Crippen molar-refractivity contribution < 1.29 is 17.9 Å². The van der Waals surface area contributed by atoms with Crippen LogP contribution in [0.15, 0.2) is 29.2 Å². The topological polar surface area (TPSA) is 98.5 Å². The lowest BCUT2D eigenvalue weighted by Crippen LogP contribution is -2.36. The normalized spacial score (nSPS) is 12.9. The van der Waals surface area contributed by atoms with Crippen molar-refractivity contribution in [3.8, 4) is 0 Å². The third kappa shape index (κ3) is 4.59. The molecule has 6 nitrogen and oxygen atoms in total. The zero-order valence-corrected chi connectivity index (χ0v) is 12.4. The summed E-state index contributed by atoms with van der Waals surface area (Å²) in [5, 5.41) is 2.63. The standard InChI is InChI=1S/C13H20N2O4S/c1-3-20(17,18)11-6-4-10(5-7-11)15-13(16)12(14)8-9-19-2/h4-7,12H,3,8-9,14H2,1-2H3,(H,15,16). The van der Waals surface area contributed by atoms with Gasteiger partial charge in [-0.05, 0) is 30.7 Å². The third-order valence-electron chi connectivity index (χ3n) is 2.83. The molecular formula is C13H20N2O4S. The van der Waals surface area contributed by atoms with E-state index in [1.807, 2.05) is 0 Å². The molecule has 1 rings (SSSR count). The van der Waals surface area contributed by atoms with E-state index in [2.05, 4.69) is 5.32 Å². The van der Waals surface area contributed by atoms with Crippen molar-refractivity contribution in [1.82, 2.24) is 0 Å². The zero-order valence-electron chi connectivity index (χ0n) is 11.6. The molecule has 0 aliphatic rings. The van der Waals surface area contributed by atoms with Crippen LogP contribution in [0, 0.1) is 0 Å². The SMILES string of the molecule is CCS(=O)(=O)c1ccc(NC(=O)C(N)CCOC)cc1. The molecule has 0 saturated heterocycles. The molecule has 0 fully saturated rings. The fourth-order valence-corrected chi connectivity index (χ4v) is 2.41. The van der Waals surface area contributed by atoms with Gasteiger partial charge in [0, 0.05) is 19.4 Å². The number of nitrogens with one attached hydrogen (secondary N) is 1. The Balaban J connectivity index is 2.68. The number of benzene rings is 1. The van der Waals surface area contributed by atoms with Crippen LogP contribution in [0.5, 0.6) is 0 Å². The minimum atomic E-state index is -3.23. The Morgan fingerprint density at radius 1 is 1.35 bits per heavy atom. The van der Waals surface area contributed by atoms with Crippen LogP contribution in [0.1, 0.15) is 13.3 Å². The molecule has 1 aromatic carbocycles. The number of carbonyl (C=O) groups excluding carboxylic acids is 1. The number of hydrogen-bond acceptors (Lipinski definition) is 5. The van der Waals surface area contributed by atoms with Gasteiger partial charge in [0.25, 0.3) is 0 Å². The Labute approximate surface area is 119 Å². The summed E-state index contributed by atoms with van der Waals surface area (Å²) in [6.07, 6.45) is 0.421. The number of anilines is 1. The van der Waals surface area contributed by atoms with Crippen molar-refractivity contribution >= 4 is 21.4 Å². The number of amides is 1. The number of carbonyl (C=O) groups is 1. The van der Waals surface area contributed by atoms with Crippen LogP contribution < -0.4 is 11.1 Å². The second-order valence-corrected chi connectivity index (χ2v) is 6.58. The number of hydrogen-bond donors (Lipinski definition) is 2. The van der Waals surface area contributed by atoms with Gasteiger partial charge in [0.1, 0.15) is 0 Å². The summed E-state index contributed by atoms with van der Waals surface area (Å²) < 4.78 is 28.1. The average molecular weight is 300 g/mol. The zero-order chi connectivity index (χ0) is 15.2. The molecule has 0 saturated carbocycles. The summed E-state index contributed by atoms with van der Waals surface area (Å²) in [4.78, 5) is 12.0. The molecule has 1 amide bonds. The van der Waals surface area contributed by atoms with E-state index in [-0.39, 0.29) is 16.6 Å². The monoisotopic (exact) mass is 300 g/mol. The van der Waals surface area contributed by atoms with Crippen LogP contribution in [-0.2, 0) is 19.4 Å². The van der Waals surface area contributed by atoms with Gasteiger partial charge in [-0.3, -0.25) is 4.79 Å². The number of nitrogens with two attached hydrogens (primary N) is 1. The fraction of sp³-hybridized carbons (Fsp3) is 0.462. The quantitative estimate of drug-likeness (QED) is 0.775. The lowest BCUT2D eigenvalue weighted by Gasteiger charge is -2.12. The summed E-state index contributed by atoms with van der Waals surface area (Å²) >= 11 is 0. The van der Waals surface area contributed by atoms with E-state index in [0.29, 0.717) is 18.7 Å². The smallest absolute Gasteiger partial charge is 0.241 e. The largest absolute Gasteiger partial charge is 0.385 e. The van der Waals surface area contributed by atoms with E-state index < -0.39 is 15.9 Å². The van der Waals surface area contributed by atoms with E-state index in [1.54, 1.807) is 19.1 Å². The first kappa shape index (κ1) is 16.6. The highest BCUT2D eigenvalue weighted by atomic mass is 32.2.